The summed E-state index contributed by atoms with van der Waals surface area (Å²) in [5.41, 5.74) is 0.956. The van der Waals surface area contributed by atoms with E-state index in [1.807, 2.05) is 6.92 Å². The molecule has 0 saturated heterocycles. The number of rotatable bonds is 2. The van der Waals surface area contributed by atoms with Gasteiger partial charge in [-0.1, -0.05) is 0 Å². The van der Waals surface area contributed by atoms with Crippen LogP contribution in [0.4, 0.5) is 5.69 Å². The van der Waals surface area contributed by atoms with Crippen LogP contribution >= 0.6 is 11.8 Å². The molecule has 3 rings (SSSR count). The number of benzene rings is 1. The molecule has 7 heteroatoms. The van der Waals surface area contributed by atoms with E-state index < -0.39 is 11.7 Å². The SMILES string of the molecule is Cc1nc(Sc2ccc3c(c2)NC(=O)C3=O)n[nH]1. The van der Waals surface area contributed by atoms with Crippen LogP contribution < -0.4 is 5.32 Å². The van der Waals surface area contributed by atoms with Gasteiger partial charge in [-0.05, 0) is 36.9 Å². The normalized spacial score (nSPS) is 13.6. The van der Waals surface area contributed by atoms with E-state index in [-0.39, 0.29) is 0 Å². The number of fused-ring (bicyclic) bond motifs is 1. The molecule has 1 aromatic heterocycles. The van der Waals surface area contributed by atoms with Crippen LogP contribution in [0.1, 0.15) is 16.2 Å². The summed E-state index contributed by atoms with van der Waals surface area (Å²) < 4.78 is 0. The lowest BCUT2D eigenvalue weighted by atomic mass is 10.1. The molecule has 0 spiro atoms. The molecular weight excluding hydrogens is 252 g/mol. The van der Waals surface area contributed by atoms with Crippen LogP contribution in [-0.4, -0.2) is 26.9 Å². The molecule has 1 aliphatic heterocycles. The van der Waals surface area contributed by atoms with Crippen molar-refractivity contribution in [2.45, 2.75) is 17.0 Å². The van der Waals surface area contributed by atoms with Crippen molar-refractivity contribution in [1.82, 2.24) is 15.2 Å². The first kappa shape index (κ1) is 11.0. The molecule has 90 valence electrons. The van der Waals surface area contributed by atoms with Gasteiger partial charge in [-0.3, -0.25) is 14.7 Å². The molecule has 0 radical (unpaired) electrons. The molecule has 0 aliphatic carbocycles. The molecule has 2 aromatic rings. The van der Waals surface area contributed by atoms with Gasteiger partial charge in [0, 0.05) is 4.90 Å². The van der Waals surface area contributed by atoms with Gasteiger partial charge in [-0.15, -0.1) is 5.10 Å². The third kappa shape index (κ3) is 1.78. The van der Waals surface area contributed by atoms with E-state index in [0.717, 1.165) is 10.7 Å². The van der Waals surface area contributed by atoms with Gasteiger partial charge in [-0.2, -0.15) is 0 Å². The maximum Gasteiger partial charge on any atom is 0.296 e. The van der Waals surface area contributed by atoms with Gasteiger partial charge in [-0.25, -0.2) is 4.98 Å². The maximum absolute atomic E-state index is 11.4. The summed E-state index contributed by atoms with van der Waals surface area (Å²) in [5.74, 6) is -0.335. The van der Waals surface area contributed by atoms with E-state index in [1.54, 1.807) is 18.2 Å². The second kappa shape index (κ2) is 3.95. The first-order chi connectivity index (χ1) is 8.63. The lowest BCUT2D eigenvalue weighted by Crippen LogP contribution is -2.12. The Morgan fingerprint density at radius 1 is 1.28 bits per heavy atom. The fourth-order valence-corrected chi connectivity index (χ4v) is 2.46. The Balaban J connectivity index is 1.90. The van der Waals surface area contributed by atoms with Crippen LogP contribution in [0.2, 0.25) is 0 Å². The molecule has 6 nitrogen and oxygen atoms in total. The van der Waals surface area contributed by atoms with Gasteiger partial charge in [0.25, 0.3) is 11.7 Å². The molecule has 0 saturated carbocycles. The average Bonchev–Trinajstić information content (AvgIpc) is 2.85. The van der Waals surface area contributed by atoms with Gasteiger partial charge < -0.3 is 5.32 Å². The third-order valence-electron chi connectivity index (χ3n) is 2.48. The van der Waals surface area contributed by atoms with Crippen LogP contribution in [0.25, 0.3) is 0 Å². The van der Waals surface area contributed by atoms with Gasteiger partial charge >= 0.3 is 0 Å². The lowest BCUT2D eigenvalue weighted by Gasteiger charge is -2.00. The fraction of sp³-hybridized carbons (Fsp3) is 0.0909. The Kier molecular flexibility index (Phi) is 2.41. The summed E-state index contributed by atoms with van der Waals surface area (Å²) in [6.07, 6.45) is 0. The highest BCUT2D eigenvalue weighted by Crippen LogP contribution is 2.31. The zero-order valence-corrected chi connectivity index (χ0v) is 10.2. The highest BCUT2D eigenvalue weighted by molar-refractivity contribution is 7.99. The van der Waals surface area contributed by atoms with E-state index in [0.29, 0.717) is 16.4 Å². The smallest absolute Gasteiger partial charge is 0.296 e. The van der Waals surface area contributed by atoms with Crippen molar-refractivity contribution in [3.8, 4) is 0 Å². The molecule has 0 bridgehead atoms. The zero-order chi connectivity index (χ0) is 12.7. The number of carbonyl (C=O) groups is 2. The second-order valence-corrected chi connectivity index (χ2v) is 4.84. The van der Waals surface area contributed by atoms with Gasteiger partial charge in [0.05, 0.1) is 11.3 Å². The number of hydrogen-bond donors (Lipinski definition) is 2. The predicted molar refractivity (Wildman–Crippen MR) is 64.6 cm³/mol. The Bertz CT molecular complexity index is 665. The summed E-state index contributed by atoms with van der Waals surface area (Å²) in [7, 11) is 0. The Morgan fingerprint density at radius 2 is 2.11 bits per heavy atom. The number of aryl methyl sites for hydroxylation is 1. The second-order valence-electron chi connectivity index (χ2n) is 3.80. The monoisotopic (exact) mass is 260 g/mol. The van der Waals surface area contributed by atoms with Crippen LogP contribution in [-0.2, 0) is 4.79 Å². The summed E-state index contributed by atoms with van der Waals surface area (Å²) >= 11 is 1.36. The fourth-order valence-electron chi connectivity index (χ4n) is 1.66. The quantitative estimate of drug-likeness (QED) is 0.797. The molecule has 1 aromatic carbocycles. The molecule has 1 aliphatic rings. The minimum atomic E-state index is -0.583. The van der Waals surface area contributed by atoms with Gasteiger partial charge in [0.2, 0.25) is 5.16 Å². The van der Waals surface area contributed by atoms with E-state index in [2.05, 4.69) is 20.5 Å². The summed E-state index contributed by atoms with van der Waals surface area (Å²) in [6.45, 7) is 1.82. The van der Waals surface area contributed by atoms with E-state index in [4.69, 9.17) is 0 Å². The van der Waals surface area contributed by atoms with Crippen LogP contribution in [0, 0.1) is 6.92 Å². The zero-order valence-electron chi connectivity index (χ0n) is 9.35. The number of nitrogens with zero attached hydrogens (tertiary/aromatic N) is 2. The van der Waals surface area contributed by atoms with E-state index in [9.17, 15) is 9.59 Å². The Morgan fingerprint density at radius 3 is 2.83 bits per heavy atom. The molecular formula is C11H8N4O2S. The minimum Gasteiger partial charge on any atom is -0.318 e. The number of carbonyl (C=O) groups excluding carboxylic acids is 2. The van der Waals surface area contributed by atoms with Crippen LogP contribution in [0.3, 0.4) is 0 Å². The number of anilines is 1. The number of H-pyrrole nitrogens is 1. The molecule has 1 amide bonds. The van der Waals surface area contributed by atoms with Crippen molar-refractivity contribution in [2.75, 3.05) is 5.32 Å². The highest BCUT2D eigenvalue weighted by atomic mass is 32.2. The van der Waals surface area contributed by atoms with Crippen molar-refractivity contribution < 1.29 is 9.59 Å². The number of Topliss-reactive ketones (excluding diaryl/α,β-unsaturated/α-hetero) is 1. The summed E-state index contributed by atoms with van der Waals surface area (Å²) in [4.78, 5) is 27.7. The highest BCUT2D eigenvalue weighted by Gasteiger charge is 2.27. The van der Waals surface area contributed by atoms with Crippen molar-refractivity contribution >= 4 is 29.1 Å². The molecule has 0 atom stereocenters. The van der Waals surface area contributed by atoms with Gasteiger partial charge in [0.15, 0.2) is 0 Å². The Labute approximate surface area is 106 Å². The molecule has 18 heavy (non-hydrogen) atoms. The minimum absolute atomic E-state index is 0.413. The maximum atomic E-state index is 11.4. The first-order valence-corrected chi connectivity index (χ1v) is 6.02. The number of ketones is 1. The van der Waals surface area contributed by atoms with Crippen molar-refractivity contribution in [3.05, 3.63) is 29.6 Å². The third-order valence-corrected chi connectivity index (χ3v) is 3.33. The number of aromatic nitrogens is 3. The van der Waals surface area contributed by atoms with E-state index in [1.165, 1.54) is 11.8 Å². The molecule has 2 heterocycles. The van der Waals surface area contributed by atoms with Crippen molar-refractivity contribution in [3.63, 3.8) is 0 Å². The van der Waals surface area contributed by atoms with Crippen LogP contribution in [0.5, 0.6) is 0 Å². The number of amides is 1. The number of hydrogen-bond acceptors (Lipinski definition) is 5. The van der Waals surface area contributed by atoms with Crippen molar-refractivity contribution in [1.29, 1.82) is 0 Å². The summed E-state index contributed by atoms with van der Waals surface area (Å²) in [6, 6.07) is 5.15. The topological polar surface area (TPSA) is 87.7 Å². The number of aromatic amines is 1. The largest absolute Gasteiger partial charge is 0.318 e. The number of nitrogens with one attached hydrogen (secondary N) is 2. The lowest BCUT2D eigenvalue weighted by molar-refractivity contribution is -0.112. The van der Waals surface area contributed by atoms with E-state index >= 15 is 0 Å². The first-order valence-electron chi connectivity index (χ1n) is 5.20. The van der Waals surface area contributed by atoms with Crippen LogP contribution in [0.15, 0.2) is 28.3 Å². The predicted octanol–water partition coefficient (Wildman–Crippen LogP) is 1.40. The van der Waals surface area contributed by atoms with Gasteiger partial charge in [0.1, 0.15) is 5.82 Å². The summed E-state index contributed by atoms with van der Waals surface area (Å²) in [5, 5.41) is 9.88. The molecule has 2 N–H and O–H groups in total. The molecule has 0 fully saturated rings. The average molecular weight is 260 g/mol. The van der Waals surface area contributed by atoms with Crippen molar-refractivity contribution in [2.24, 2.45) is 0 Å². The molecule has 0 unspecified atom stereocenters. The Hall–Kier alpha value is -2.15. The standard InChI is InChI=1S/C11H8N4O2S/c1-5-12-11(15-14-5)18-6-2-3-7-8(4-6)13-10(17)9(7)16/h2-4H,1H3,(H,12,14,15)(H,13,16,17).